The second-order valence-electron chi connectivity index (χ2n) is 12.1. The van der Waals surface area contributed by atoms with Gasteiger partial charge in [0.25, 0.3) is 0 Å². The minimum Gasteiger partial charge on any atom is -0.390 e. The molecular formula is C33H37FO2S2. The third-order valence-corrected chi connectivity index (χ3v) is 14.3. The SMILES string of the molecule is C[C@]12C[C@H](O)[C@@]3(F)[C@@H](CCC4=CC(=O)C=C[C@@]43C)[C@@H]1CCC2(SCc1ccccc1)SCc1ccccc1. The Bertz CT molecular complexity index is 1220. The number of aliphatic hydroxyl groups is 1. The highest BCUT2D eigenvalue weighted by molar-refractivity contribution is 8.17. The summed E-state index contributed by atoms with van der Waals surface area (Å²) in [6, 6.07) is 21.2. The number of carbonyl (C=O) groups excluding carboxylic acids is 1. The lowest BCUT2D eigenvalue weighted by molar-refractivity contribution is -0.189. The van der Waals surface area contributed by atoms with Crippen molar-refractivity contribution in [3.05, 3.63) is 95.6 Å². The summed E-state index contributed by atoms with van der Waals surface area (Å²) in [5.41, 5.74) is 0.562. The average Bonchev–Trinajstić information content (AvgIpc) is 3.20. The molecular weight excluding hydrogens is 511 g/mol. The van der Waals surface area contributed by atoms with Crippen LogP contribution in [0.5, 0.6) is 0 Å². The van der Waals surface area contributed by atoms with E-state index in [9.17, 15) is 9.90 Å². The van der Waals surface area contributed by atoms with Crippen molar-refractivity contribution in [3.8, 4) is 0 Å². The predicted molar refractivity (Wildman–Crippen MR) is 157 cm³/mol. The summed E-state index contributed by atoms with van der Waals surface area (Å²) >= 11 is 4.02. The van der Waals surface area contributed by atoms with Crippen molar-refractivity contribution >= 4 is 29.3 Å². The molecule has 0 aromatic heterocycles. The molecule has 0 bridgehead atoms. The van der Waals surface area contributed by atoms with Gasteiger partial charge >= 0.3 is 0 Å². The number of alkyl halides is 1. The van der Waals surface area contributed by atoms with E-state index in [1.165, 1.54) is 17.2 Å². The van der Waals surface area contributed by atoms with Crippen molar-refractivity contribution in [2.45, 2.75) is 73.3 Å². The Labute approximate surface area is 234 Å². The van der Waals surface area contributed by atoms with Crippen LogP contribution >= 0.6 is 23.5 Å². The van der Waals surface area contributed by atoms with E-state index in [2.05, 4.69) is 67.6 Å². The van der Waals surface area contributed by atoms with E-state index in [0.717, 1.165) is 36.3 Å². The Balaban J connectivity index is 1.36. The number of hydrogen-bond donors (Lipinski definition) is 1. The van der Waals surface area contributed by atoms with Crippen LogP contribution in [0.15, 0.2) is 84.5 Å². The number of allylic oxidation sites excluding steroid dienone is 4. The van der Waals surface area contributed by atoms with Crippen molar-refractivity contribution < 1.29 is 14.3 Å². The first kappa shape index (κ1) is 26.4. The first-order chi connectivity index (χ1) is 18.2. The summed E-state index contributed by atoms with van der Waals surface area (Å²) in [6.07, 6.45) is 7.67. The highest BCUT2D eigenvalue weighted by atomic mass is 32.2. The standard InChI is InChI=1S/C33H37FO2S2/c1-30-17-15-26(35)19-25(30)13-14-28-27-16-18-32(37-21-23-9-5-3-6-10-23,38-22-24-11-7-4-8-12-24)31(27,2)20-29(36)33(28,30)34/h3-12,15,17,19,27-29,36H,13-14,16,18,20-22H2,1-2H3/t27-,28-,29-,30-,31-,33-/m0/s1. The summed E-state index contributed by atoms with van der Waals surface area (Å²) in [7, 11) is 0. The average molecular weight is 549 g/mol. The van der Waals surface area contributed by atoms with E-state index in [4.69, 9.17) is 0 Å². The van der Waals surface area contributed by atoms with Gasteiger partial charge < -0.3 is 5.11 Å². The van der Waals surface area contributed by atoms with Crippen molar-refractivity contribution in [2.75, 3.05) is 0 Å². The molecule has 2 aromatic rings. The molecule has 38 heavy (non-hydrogen) atoms. The molecule has 6 atom stereocenters. The molecule has 0 radical (unpaired) electrons. The van der Waals surface area contributed by atoms with Crippen LogP contribution in [-0.4, -0.2) is 26.7 Å². The molecule has 3 saturated carbocycles. The maximum absolute atomic E-state index is 17.6. The monoisotopic (exact) mass is 548 g/mol. The van der Waals surface area contributed by atoms with Gasteiger partial charge in [0.2, 0.25) is 0 Å². The number of hydrogen-bond acceptors (Lipinski definition) is 4. The molecule has 4 aliphatic rings. The van der Waals surface area contributed by atoms with Crippen LogP contribution in [0, 0.1) is 22.7 Å². The summed E-state index contributed by atoms with van der Waals surface area (Å²) in [5.74, 6) is 1.70. The lowest BCUT2D eigenvalue weighted by atomic mass is 9.46. The van der Waals surface area contributed by atoms with Crippen LogP contribution in [0.4, 0.5) is 4.39 Å². The molecule has 5 heteroatoms. The number of thioether (sulfide) groups is 2. The molecule has 0 spiro atoms. The van der Waals surface area contributed by atoms with Crippen LogP contribution in [0.25, 0.3) is 0 Å². The Morgan fingerprint density at radius 1 is 0.921 bits per heavy atom. The summed E-state index contributed by atoms with van der Waals surface area (Å²) in [5, 5.41) is 11.8. The Hall–Kier alpha value is -1.82. The molecule has 4 aliphatic carbocycles. The quantitative estimate of drug-likeness (QED) is 0.372. The zero-order valence-electron chi connectivity index (χ0n) is 22.2. The maximum Gasteiger partial charge on any atom is 0.178 e. The first-order valence-corrected chi connectivity index (χ1v) is 15.9. The summed E-state index contributed by atoms with van der Waals surface area (Å²) < 4.78 is 17.4. The van der Waals surface area contributed by atoms with Gasteiger partial charge in [-0.3, -0.25) is 4.79 Å². The minimum atomic E-state index is -1.76. The Morgan fingerprint density at radius 3 is 2.13 bits per heavy atom. The van der Waals surface area contributed by atoms with Crippen LogP contribution < -0.4 is 0 Å². The maximum atomic E-state index is 17.6. The number of halogens is 1. The van der Waals surface area contributed by atoms with Gasteiger partial charge in [-0.15, -0.1) is 23.5 Å². The highest BCUT2D eigenvalue weighted by Crippen LogP contribution is 2.74. The first-order valence-electron chi connectivity index (χ1n) is 13.9. The fourth-order valence-corrected chi connectivity index (χ4v) is 11.7. The van der Waals surface area contributed by atoms with E-state index in [1.54, 1.807) is 12.2 Å². The Morgan fingerprint density at radius 2 is 1.53 bits per heavy atom. The van der Waals surface area contributed by atoms with Gasteiger partial charge in [0.15, 0.2) is 11.5 Å². The zero-order valence-corrected chi connectivity index (χ0v) is 23.9. The number of aliphatic hydroxyl groups excluding tert-OH is 1. The molecule has 3 fully saturated rings. The van der Waals surface area contributed by atoms with Gasteiger partial charge in [-0.25, -0.2) is 4.39 Å². The third kappa shape index (κ3) is 3.90. The van der Waals surface area contributed by atoms with Crippen LogP contribution in [0.1, 0.15) is 57.1 Å². The van der Waals surface area contributed by atoms with Crippen molar-refractivity contribution in [2.24, 2.45) is 22.7 Å². The smallest absolute Gasteiger partial charge is 0.178 e. The molecule has 200 valence electrons. The van der Waals surface area contributed by atoms with E-state index in [1.807, 2.05) is 30.4 Å². The topological polar surface area (TPSA) is 37.3 Å². The molecule has 0 saturated heterocycles. The Kier molecular flexibility index (Phi) is 6.72. The van der Waals surface area contributed by atoms with E-state index in [0.29, 0.717) is 12.8 Å². The summed E-state index contributed by atoms with van der Waals surface area (Å²) in [6.45, 7) is 4.26. The number of rotatable bonds is 6. The summed E-state index contributed by atoms with van der Waals surface area (Å²) in [4.78, 5) is 12.1. The normalized spacial score (nSPS) is 37.2. The molecule has 0 unspecified atom stereocenters. The highest BCUT2D eigenvalue weighted by Gasteiger charge is 2.73. The van der Waals surface area contributed by atoms with Crippen LogP contribution in [-0.2, 0) is 16.3 Å². The molecule has 0 heterocycles. The molecule has 0 aliphatic heterocycles. The molecule has 0 amide bonds. The van der Waals surface area contributed by atoms with Crippen LogP contribution in [0.3, 0.4) is 0 Å². The lowest BCUT2D eigenvalue weighted by Gasteiger charge is -2.63. The van der Waals surface area contributed by atoms with E-state index >= 15 is 4.39 Å². The van der Waals surface area contributed by atoms with E-state index < -0.39 is 17.2 Å². The largest absolute Gasteiger partial charge is 0.390 e. The lowest BCUT2D eigenvalue weighted by Crippen LogP contribution is -2.67. The zero-order chi connectivity index (χ0) is 26.6. The van der Waals surface area contributed by atoms with Gasteiger partial charge in [-0.1, -0.05) is 79.2 Å². The molecule has 1 N–H and O–H groups in total. The molecule has 6 rings (SSSR count). The van der Waals surface area contributed by atoms with Gasteiger partial charge in [-0.2, -0.15) is 0 Å². The predicted octanol–water partition coefficient (Wildman–Crippen LogP) is 7.92. The second-order valence-corrected chi connectivity index (χ2v) is 14.9. The van der Waals surface area contributed by atoms with Crippen LogP contribution in [0.2, 0.25) is 0 Å². The van der Waals surface area contributed by atoms with Crippen molar-refractivity contribution in [1.29, 1.82) is 0 Å². The van der Waals surface area contributed by atoms with Gasteiger partial charge in [0, 0.05) is 22.8 Å². The molecule has 2 nitrogen and oxygen atoms in total. The van der Waals surface area contributed by atoms with E-state index in [-0.39, 0.29) is 27.1 Å². The minimum absolute atomic E-state index is 0.0656. The number of fused-ring (bicyclic) bond motifs is 5. The van der Waals surface area contributed by atoms with Crippen molar-refractivity contribution in [3.63, 3.8) is 0 Å². The number of carbonyl (C=O) groups is 1. The van der Waals surface area contributed by atoms with Crippen molar-refractivity contribution in [1.82, 2.24) is 0 Å². The number of benzene rings is 2. The van der Waals surface area contributed by atoms with Gasteiger partial charge in [-0.05, 0) is 73.6 Å². The van der Waals surface area contributed by atoms with Gasteiger partial charge in [0.1, 0.15) is 0 Å². The fraction of sp³-hybridized carbons (Fsp3) is 0.485. The third-order valence-electron chi connectivity index (χ3n) is 10.3. The second kappa shape index (κ2) is 9.67. The van der Waals surface area contributed by atoms with Gasteiger partial charge in [0.05, 0.1) is 10.2 Å². The fourth-order valence-electron chi connectivity index (χ4n) is 8.22. The number of ketones is 1. The molecule has 2 aromatic carbocycles.